The molecular formula is C15H21NO2S. The van der Waals surface area contributed by atoms with Gasteiger partial charge in [0.25, 0.3) is 0 Å². The molecule has 1 saturated carbocycles. The zero-order chi connectivity index (χ0) is 13.1. The van der Waals surface area contributed by atoms with Crippen molar-refractivity contribution in [2.45, 2.75) is 41.9 Å². The number of nitrogens with one attached hydrogen (secondary N) is 1. The van der Waals surface area contributed by atoms with Gasteiger partial charge in [0, 0.05) is 22.6 Å². The lowest BCUT2D eigenvalue weighted by molar-refractivity contribution is 0.297. The maximum atomic E-state index is 5.75. The third-order valence-electron chi connectivity index (χ3n) is 3.83. The Hall–Kier alpha value is -0.870. The van der Waals surface area contributed by atoms with Crippen LogP contribution in [-0.4, -0.2) is 31.6 Å². The van der Waals surface area contributed by atoms with Crippen LogP contribution in [0.2, 0.25) is 0 Å². The lowest BCUT2D eigenvalue weighted by atomic mass is 10.2. The van der Waals surface area contributed by atoms with Crippen LogP contribution in [0.3, 0.4) is 0 Å². The quantitative estimate of drug-likeness (QED) is 0.921. The van der Waals surface area contributed by atoms with Crippen LogP contribution in [0.15, 0.2) is 23.1 Å². The van der Waals surface area contributed by atoms with Crippen LogP contribution in [0, 0.1) is 0 Å². The van der Waals surface area contributed by atoms with E-state index < -0.39 is 0 Å². The smallest absolute Gasteiger partial charge is 0.162 e. The van der Waals surface area contributed by atoms with Gasteiger partial charge in [-0.25, -0.2) is 0 Å². The van der Waals surface area contributed by atoms with Gasteiger partial charge in [0.15, 0.2) is 11.5 Å². The summed E-state index contributed by atoms with van der Waals surface area (Å²) in [7, 11) is 2.07. The van der Waals surface area contributed by atoms with E-state index in [1.165, 1.54) is 24.2 Å². The first-order chi connectivity index (χ1) is 9.36. The molecule has 1 aromatic rings. The minimum Gasteiger partial charge on any atom is -0.490 e. The summed E-state index contributed by atoms with van der Waals surface area (Å²) in [5.74, 6) is 1.79. The molecule has 1 fully saturated rings. The number of hydrogen-bond donors (Lipinski definition) is 1. The van der Waals surface area contributed by atoms with Gasteiger partial charge in [-0.2, -0.15) is 0 Å². The first-order valence-electron chi connectivity index (χ1n) is 7.10. The Balaban J connectivity index is 1.73. The fourth-order valence-corrected chi connectivity index (χ4v) is 4.18. The van der Waals surface area contributed by atoms with Crippen molar-refractivity contribution in [3.8, 4) is 11.5 Å². The molecule has 3 nitrogen and oxygen atoms in total. The molecule has 0 bridgehead atoms. The van der Waals surface area contributed by atoms with Crippen LogP contribution in [0.4, 0.5) is 0 Å². The van der Waals surface area contributed by atoms with Gasteiger partial charge in [0.2, 0.25) is 0 Å². The lowest BCUT2D eigenvalue weighted by Gasteiger charge is -2.19. The van der Waals surface area contributed by atoms with Crippen LogP contribution in [-0.2, 0) is 0 Å². The number of ether oxygens (including phenoxy) is 2. The van der Waals surface area contributed by atoms with Gasteiger partial charge in [0.1, 0.15) is 0 Å². The molecule has 1 N–H and O–H groups in total. The molecule has 0 amide bonds. The summed E-state index contributed by atoms with van der Waals surface area (Å²) in [5.41, 5.74) is 0. The zero-order valence-corrected chi connectivity index (χ0v) is 12.2. The van der Waals surface area contributed by atoms with E-state index in [1.54, 1.807) is 0 Å². The summed E-state index contributed by atoms with van der Waals surface area (Å²) in [6, 6.07) is 6.98. The van der Waals surface area contributed by atoms with Crippen LogP contribution < -0.4 is 14.8 Å². The number of thioether (sulfide) groups is 1. The van der Waals surface area contributed by atoms with Crippen LogP contribution >= 0.6 is 11.8 Å². The second-order valence-electron chi connectivity index (χ2n) is 5.14. The van der Waals surface area contributed by atoms with E-state index >= 15 is 0 Å². The molecule has 1 aliphatic heterocycles. The zero-order valence-electron chi connectivity index (χ0n) is 11.4. The maximum Gasteiger partial charge on any atom is 0.162 e. The van der Waals surface area contributed by atoms with Crippen LogP contribution in [0.1, 0.15) is 25.7 Å². The Morgan fingerprint density at radius 1 is 1.11 bits per heavy atom. The highest BCUT2D eigenvalue weighted by Crippen LogP contribution is 2.39. The Kier molecular flexibility index (Phi) is 4.18. The van der Waals surface area contributed by atoms with E-state index in [2.05, 4.69) is 24.5 Å². The Labute approximate surface area is 119 Å². The summed E-state index contributed by atoms with van der Waals surface area (Å²) in [5, 5.41) is 4.11. The van der Waals surface area contributed by atoms with Gasteiger partial charge < -0.3 is 14.8 Å². The van der Waals surface area contributed by atoms with Crippen LogP contribution in [0.25, 0.3) is 0 Å². The second-order valence-corrected chi connectivity index (χ2v) is 6.45. The van der Waals surface area contributed by atoms with Gasteiger partial charge in [-0.05, 0) is 38.1 Å². The first kappa shape index (κ1) is 13.1. The standard InChI is InChI=1S/C15H21NO2S/c1-16-12-4-2-5-15(12)19-11-6-7-13-14(10-11)18-9-3-8-17-13/h6-7,10,12,15-16H,2-5,8-9H2,1H3. The molecule has 2 aliphatic rings. The maximum absolute atomic E-state index is 5.75. The fourth-order valence-electron chi connectivity index (χ4n) is 2.79. The average molecular weight is 279 g/mol. The number of rotatable bonds is 3. The minimum absolute atomic E-state index is 0.640. The normalized spacial score (nSPS) is 26.2. The molecular weight excluding hydrogens is 258 g/mol. The summed E-state index contributed by atoms with van der Waals surface area (Å²) in [6.45, 7) is 1.51. The van der Waals surface area contributed by atoms with E-state index in [-0.39, 0.29) is 0 Å². The predicted molar refractivity (Wildman–Crippen MR) is 78.4 cm³/mol. The van der Waals surface area contributed by atoms with E-state index in [0.717, 1.165) is 31.1 Å². The highest BCUT2D eigenvalue weighted by molar-refractivity contribution is 8.00. The van der Waals surface area contributed by atoms with Crippen LogP contribution in [0.5, 0.6) is 11.5 Å². The van der Waals surface area contributed by atoms with Gasteiger partial charge in [-0.3, -0.25) is 0 Å². The van der Waals surface area contributed by atoms with Gasteiger partial charge in [-0.15, -0.1) is 11.8 Å². The van der Waals surface area contributed by atoms with Crippen molar-refractivity contribution in [3.05, 3.63) is 18.2 Å². The monoisotopic (exact) mass is 279 g/mol. The summed E-state index contributed by atoms with van der Waals surface area (Å²) in [4.78, 5) is 1.29. The molecule has 4 heteroatoms. The molecule has 0 spiro atoms. The number of benzene rings is 1. The van der Waals surface area contributed by atoms with E-state index in [1.807, 2.05) is 17.8 Å². The van der Waals surface area contributed by atoms with Gasteiger partial charge >= 0.3 is 0 Å². The van der Waals surface area contributed by atoms with Crippen molar-refractivity contribution < 1.29 is 9.47 Å². The van der Waals surface area contributed by atoms with Crippen molar-refractivity contribution in [1.29, 1.82) is 0 Å². The Bertz CT molecular complexity index is 438. The van der Waals surface area contributed by atoms with Crippen molar-refractivity contribution in [1.82, 2.24) is 5.32 Å². The van der Waals surface area contributed by atoms with Crippen molar-refractivity contribution in [3.63, 3.8) is 0 Å². The van der Waals surface area contributed by atoms with Gasteiger partial charge in [0.05, 0.1) is 13.2 Å². The largest absolute Gasteiger partial charge is 0.490 e. The lowest BCUT2D eigenvalue weighted by Crippen LogP contribution is -2.30. The molecule has 1 heterocycles. The van der Waals surface area contributed by atoms with Crippen molar-refractivity contribution in [2.75, 3.05) is 20.3 Å². The molecule has 0 saturated heterocycles. The molecule has 3 rings (SSSR count). The second kappa shape index (κ2) is 6.06. The molecule has 19 heavy (non-hydrogen) atoms. The van der Waals surface area contributed by atoms with E-state index in [9.17, 15) is 0 Å². The summed E-state index contributed by atoms with van der Waals surface area (Å²) >= 11 is 1.97. The highest BCUT2D eigenvalue weighted by atomic mass is 32.2. The minimum atomic E-state index is 0.640. The van der Waals surface area contributed by atoms with E-state index in [0.29, 0.717) is 11.3 Å². The molecule has 2 unspecified atom stereocenters. The molecule has 104 valence electrons. The SMILES string of the molecule is CNC1CCCC1Sc1ccc2c(c1)OCCCO2. The number of fused-ring (bicyclic) bond motifs is 1. The Morgan fingerprint density at radius 3 is 2.79 bits per heavy atom. The first-order valence-corrected chi connectivity index (χ1v) is 7.98. The third kappa shape index (κ3) is 3.00. The Morgan fingerprint density at radius 2 is 1.95 bits per heavy atom. The molecule has 0 aromatic heterocycles. The highest BCUT2D eigenvalue weighted by Gasteiger charge is 2.27. The fraction of sp³-hybridized carbons (Fsp3) is 0.600. The molecule has 2 atom stereocenters. The summed E-state index contributed by atoms with van der Waals surface area (Å²) in [6.07, 6.45) is 4.87. The summed E-state index contributed by atoms with van der Waals surface area (Å²) < 4.78 is 11.4. The molecule has 1 aliphatic carbocycles. The molecule has 1 aromatic carbocycles. The van der Waals surface area contributed by atoms with Crippen molar-refractivity contribution in [2.24, 2.45) is 0 Å². The predicted octanol–water partition coefficient (Wildman–Crippen LogP) is 3.08. The molecule has 0 radical (unpaired) electrons. The van der Waals surface area contributed by atoms with Crippen molar-refractivity contribution >= 4 is 11.8 Å². The number of hydrogen-bond acceptors (Lipinski definition) is 4. The third-order valence-corrected chi connectivity index (χ3v) is 5.22. The average Bonchev–Trinajstić information content (AvgIpc) is 2.74. The van der Waals surface area contributed by atoms with Gasteiger partial charge in [-0.1, -0.05) is 6.42 Å². The van der Waals surface area contributed by atoms with E-state index in [4.69, 9.17) is 9.47 Å². The topological polar surface area (TPSA) is 30.5 Å².